The van der Waals surface area contributed by atoms with Gasteiger partial charge in [0.25, 0.3) is 0 Å². The van der Waals surface area contributed by atoms with Crippen LogP contribution in [0.2, 0.25) is 0 Å². The molecule has 100 valence electrons. The summed E-state index contributed by atoms with van der Waals surface area (Å²) in [6, 6.07) is 8.60. The number of aromatic amines is 1. The minimum atomic E-state index is 0.331. The number of nitrogens with one attached hydrogen (secondary N) is 2. The summed E-state index contributed by atoms with van der Waals surface area (Å²) in [5.41, 5.74) is 2.23. The van der Waals surface area contributed by atoms with Crippen LogP contribution >= 0.6 is 15.9 Å². The van der Waals surface area contributed by atoms with E-state index in [1.54, 1.807) is 0 Å². The van der Waals surface area contributed by atoms with E-state index in [0.717, 1.165) is 41.2 Å². The summed E-state index contributed by atoms with van der Waals surface area (Å²) >= 11 is 3.45. The van der Waals surface area contributed by atoms with Crippen molar-refractivity contribution in [3.63, 3.8) is 0 Å². The number of likely N-dealkylation sites (N-methyl/N-ethyl adjacent to an activating group) is 1. The molecule has 1 atom stereocenters. The van der Waals surface area contributed by atoms with Gasteiger partial charge in [0.2, 0.25) is 0 Å². The normalized spacial score (nSPS) is 20.6. The molecule has 0 spiro atoms. The van der Waals surface area contributed by atoms with Gasteiger partial charge in [-0.05, 0) is 24.7 Å². The Morgan fingerprint density at radius 2 is 2.11 bits per heavy atom. The number of piperazine rings is 1. The zero-order chi connectivity index (χ0) is 13.2. The lowest BCUT2D eigenvalue weighted by atomic mass is 10.2. The lowest BCUT2D eigenvalue weighted by molar-refractivity contribution is 0.195. The molecular weight excluding hydrogens is 304 g/mol. The molecular formula is C14H17BrN4. The number of rotatable bonds is 2. The number of imidazole rings is 1. The van der Waals surface area contributed by atoms with E-state index in [0.29, 0.717) is 6.04 Å². The highest BCUT2D eigenvalue weighted by Crippen LogP contribution is 2.23. The highest BCUT2D eigenvalue weighted by molar-refractivity contribution is 9.10. The molecule has 2 heterocycles. The van der Waals surface area contributed by atoms with Crippen LogP contribution in [0.1, 0.15) is 11.9 Å². The third kappa shape index (κ3) is 2.73. The smallest absolute Gasteiger partial charge is 0.125 e. The van der Waals surface area contributed by atoms with Crippen LogP contribution in [0.3, 0.4) is 0 Å². The summed E-state index contributed by atoms with van der Waals surface area (Å²) in [4.78, 5) is 10.3. The van der Waals surface area contributed by atoms with Crippen molar-refractivity contribution in [1.82, 2.24) is 20.2 Å². The van der Waals surface area contributed by atoms with E-state index in [1.165, 1.54) is 0 Å². The number of hydrogen-bond acceptors (Lipinski definition) is 3. The Hall–Kier alpha value is -1.17. The highest BCUT2D eigenvalue weighted by Gasteiger charge is 2.22. The molecule has 1 aromatic carbocycles. The molecule has 1 aromatic heterocycles. The molecule has 4 nitrogen and oxygen atoms in total. The Morgan fingerprint density at radius 3 is 2.84 bits per heavy atom. The van der Waals surface area contributed by atoms with Crippen molar-refractivity contribution >= 4 is 15.9 Å². The molecule has 1 unspecified atom stereocenters. The Kier molecular flexibility index (Phi) is 3.68. The minimum absolute atomic E-state index is 0.331. The summed E-state index contributed by atoms with van der Waals surface area (Å²) in [6.45, 7) is 3.05. The number of aromatic nitrogens is 2. The second-order valence-corrected chi connectivity index (χ2v) is 5.81. The summed E-state index contributed by atoms with van der Waals surface area (Å²) in [6.07, 6.45) is 1.92. The van der Waals surface area contributed by atoms with Crippen molar-refractivity contribution < 1.29 is 0 Å². The van der Waals surface area contributed by atoms with E-state index in [-0.39, 0.29) is 0 Å². The maximum Gasteiger partial charge on any atom is 0.125 e. The quantitative estimate of drug-likeness (QED) is 0.893. The highest BCUT2D eigenvalue weighted by atomic mass is 79.9. The van der Waals surface area contributed by atoms with Crippen LogP contribution in [-0.4, -0.2) is 41.5 Å². The maximum absolute atomic E-state index is 4.54. The summed E-state index contributed by atoms with van der Waals surface area (Å²) in [7, 11) is 2.15. The third-order valence-electron chi connectivity index (χ3n) is 3.58. The maximum atomic E-state index is 4.54. The first-order valence-electron chi connectivity index (χ1n) is 6.46. The van der Waals surface area contributed by atoms with E-state index < -0.39 is 0 Å². The number of halogens is 1. The van der Waals surface area contributed by atoms with Gasteiger partial charge < -0.3 is 10.3 Å². The van der Waals surface area contributed by atoms with E-state index in [4.69, 9.17) is 0 Å². The fraction of sp³-hybridized carbons (Fsp3) is 0.357. The van der Waals surface area contributed by atoms with Crippen molar-refractivity contribution in [2.75, 3.05) is 26.7 Å². The number of H-pyrrole nitrogens is 1. The monoisotopic (exact) mass is 320 g/mol. The van der Waals surface area contributed by atoms with Gasteiger partial charge in [-0.1, -0.05) is 28.1 Å². The van der Waals surface area contributed by atoms with Gasteiger partial charge in [0.05, 0.1) is 17.9 Å². The Labute approximate surface area is 121 Å². The Morgan fingerprint density at radius 1 is 1.32 bits per heavy atom. The van der Waals surface area contributed by atoms with E-state index >= 15 is 0 Å². The molecule has 1 fully saturated rings. The van der Waals surface area contributed by atoms with E-state index in [2.05, 4.69) is 55.3 Å². The minimum Gasteiger partial charge on any atom is -0.341 e. The SMILES string of the molecule is CN1CCNCC1c1ncc(-c2ccc(Br)cc2)[nH]1. The molecule has 3 rings (SSSR count). The van der Waals surface area contributed by atoms with Gasteiger partial charge in [0.1, 0.15) is 5.82 Å². The standard InChI is InChI=1S/C14H17BrN4/c1-19-7-6-16-9-13(19)14-17-8-12(18-14)10-2-4-11(15)5-3-10/h2-5,8,13,16H,6-7,9H2,1H3,(H,17,18). The van der Waals surface area contributed by atoms with Crippen LogP contribution < -0.4 is 5.32 Å². The molecule has 0 radical (unpaired) electrons. The van der Waals surface area contributed by atoms with Crippen molar-refractivity contribution in [2.24, 2.45) is 0 Å². The van der Waals surface area contributed by atoms with Crippen LogP contribution in [-0.2, 0) is 0 Å². The lowest BCUT2D eigenvalue weighted by Crippen LogP contribution is -2.44. The van der Waals surface area contributed by atoms with Crippen LogP contribution in [0.4, 0.5) is 0 Å². The zero-order valence-electron chi connectivity index (χ0n) is 10.9. The molecule has 0 saturated carbocycles. The largest absolute Gasteiger partial charge is 0.341 e. The second kappa shape index (κ2) is 5.45. The van der Waals surface area contributed by atoms with Crippen molar-refractivity contribution in [2.45, 2.75) is 6.04 Å². The fourth-order valence-corrected chi connectivity index (χ4v) is 2.66. The van der Waals surface area contributed by atoms with Gasteiger partial charge in [-0.3, -0.25) is 4.90 Å². The number of hydrogen-bond donors (Lipinski definition) is 2. The topological polar surface area (TPSA) is 44.0 Å². The Balaban J connectivity index is 1.84. The van der Waals surface area contributed by atoms with Crippen LogP contribution in [0.25, 0.3) is 11.3 Å². The van der Waals surface area contributed by atoms with Gasteiger partial charge in [0.15, 0.2) is 0 Å². The first-order valence-corrected chi connectivity index (χ1v) is 7.25. The third-order valence-corrected chi connectivity index (χ3v) is 4.11. The first kappa shape index (κ1) is 12.8. The number of benzene rings is 1. The predicted octanol–water partition coefficient (Wildman–Crippen LogP) is 2.42. The lowest BCUT2D eigenvalue weighted by Gasteiger charge is -2.31. The molecule has 1 saturated heterocycles. The van der Waals surface area contributed by atoms with Crippen molar-refractivity contribution in [1.29, 1.82) is 0 Å². The van der Waals surface area contributed by atoms with Crippen molar-refractivity contribution in [3.8, 4) is 11.3 Å². The van der Waals surface area contributed by atoms with Crippen LogP contribution in [0.5, 0.6) is 0 Å². The summed E-state index contributed by atoms with van der Waals surface area (Å²) in [5, 5.41) is 3.41. The van der Waals surface area contributed by atoms with E-state index in [9.17, 15) is 0 Å². The van der Waals surface area contributed by atoms with Gasteiger partial charge in [-0.15, -0.1) is 0 Å². The van der Waals surface area contributed by atoms with Gasteiger partial charge in [-0.2, -0.15) is 0 Å². The van der Waals surface area contributed by atoms with Gasteiger partial charge >= 0.3 is 0 Å². The molecule has 1 aliphatic rings. The summed E-state index contributed by atoms with van der Waals surface area (Å²) < 4.78 is 1.09. The second-order valence-electron chi connectivity index (χ2n) is 4.89. The zero-order valence-corrected chi connectivity index (χ0v) is 12.4. The molecule has 0 aliphatic carbocycles. The van der Waals surface area contributed by atoms with Crippen LogP contribution in [0, 0.1) is 0 Å². The van der Waals surface area contributed by atoms with E-state index in [1.807, 2.05) is 18.3 Å². The first-order chi connectivity index (χ1) is 9.24. The van der Waals surface area contributed by atoms with Crippen LogP contribution in [0.15, 0.2) is 34.9 Å². The fourth-order valence-electron chi connectivity index (χ4n) is 2.39. The van der Waals surface area contributed by atoms with Crippen molar-refractivity contribution in [3.05, 3.63) is 40.8 Å². The summed E-state index contributed by atoms with van der Waals surface area (Å²) in [5.74, 6) is 1.03. The molecule has 5 heteroatoms. The van der Waals surface area contributed by atoms with Gasteiger partial charge in [-0.25, -0.2) is 4.98 Å². The molecule has 2 N–H and O–H groups in total. The molecule has 0 amide bonds. The average Bonchev–Trinajstić information content (AvgIpc) is 2.89. The molecule has 19 heavy (non-hydrogen) atoms. The average molecular weight is 321 g/mol. The predicted molar refractivity (Wildman–Crippen MR) is 80.0 cm³/mol. The molecule has 0 bridgehead atoms. The Bertz CT molecular complexity index is 549. The molecule has 2 aromatic rings. The molecule has 1 aliphatic heterocycles. The van der Waals surface area contributed by atoms with Gasteiger partial charge in [0, 0.05) is 24.1 Å². The number of nitrogens with zero attached hydrogens (tertiary/aromatic N) is 2.